The Morgan fingerprint density at radius 1 is 1.11 bits per heavy atom. The lowest BCUT2D eigenvalue weighted by atomic mass is 10.1. The van der Waals surface area contributed by atoms with Crippen molar-refractivity contribution in [2.75, 3.05) is 18.6 Å². The van der Waals surface area contributed by atoms with Crippen LogP contribution in [0.2, 0.25) is 0 Å². The van der Waals surface area contributed by atoms with Gasteiger partial charge in [-0.15, -0.1) is 0 Å². The number of amides is 1. The van der Waals surface area contributed by atoms with E-state index in [1.807, 2.05) is 74.0 Å². The SMILES string of the molecule is Cc1nn([C@H]2CCS(=O)(=O)C2)c(C)c1CN(C)C(=O)c1ccc2c(c1)nc(C)n2-c1ccccc1. The number of hydrogen-bond acceptors (Lipinski definition) is 5. The van der Waals surface area contributed by atoms with Crippen molar-refractivity contribution >= 4 is 26.8 Å². The molecule has 35 heavy (non-hydrogen) atoms. The monoisotopic (exact) mass is 491 g/mol. The van der Waals surface area contributed by atoms with E-state index in [1.54, 1.807) is 11.9 Å². The molecule has 2 aromatic carbocycles. The first kappa shape index (κ1) is 23.3. The molecule has 0 saturated carbocycles. The smallest absolute Gasteiger partial charge is 0.253 e. The minimum Gasteiger partial charge on any atom is -0.337 e. The quantitative estimate of drug-likeness (QED) is 0.424. The molecule has 0 unspecified atom stereocenters. The van der Waals surface area contributed by atoms with E-state index in [9.17, 15) is 13.2 Å². The topological polar surface area (TPSA) is 90.1 Å². The Hall–Kier alpha value is -3.46. The van der Waals surface area contributed by atoms with E-state index in [-0.39, 0.29) is 23.5 Å². The molecule has 3 heterocycles. The van der Waals surface area contributed by atoms with Gasteiger partial charge in [0.2, 0.25) is 0 Å². The van der Waals surface area contributed by atoms with E-state index < -0.39 is 9.84 Å². The second-order valence-corrected chi connectivity index (χ2v) is 11.6. The molecule has 1 amide bonds. The maximum Gasteiger partial charge on any atom is 0.253 e. The van der Waals surface area contributed by atoms with Gasteiger partial charge in [0.05, 0.1) is 34.3 Å². The van der Waals surface area contributed by atoms with Crippen molar-refractivity contribution in [3.63, 3.8) is 0 Å². The van der Waals surface area contributed by atoms with Gasteiger partial charge < -0.3 is 4.90 Å². The van der Waals surface area contributed by atoms with Crippen molar-refractivity contribution in [2.45, 2.75) is 39.8 Å². The average molecular weight is 492 g/mol. The van der Waals surface area contributed by atoms with Crippen LogP contribution in [0.5, 0.6) is 0 Å². The number of benzene rings is 2. The molecule has 2 aromatic heterocycles. The highest BCUT2D eigenvalue weighted by atomic mass is 32.2. The molecular weight excluding hydrogens is 462 g/mol. The number of imidazole rings is 1. The summed E-state index contributed by atoms with van der Waals surface area (Å²) in [7, 11) is -1.23. The molecule has 5 rings (SSSR count). The predicted molar refractivity (Wildman–Crippen MR) is 136 cm³/mol. The van der Waals surface area contributed by atoms with E-state index in [2.05, 4.69) is 9.67 Å². The lowest BCUT2D eigenvalue weighted by Gasteiger charge is -2.18. The maximum atomic E-state index is 13.3. The first-order chi connectivity index (χ1) is 16.6. The molecule has 1 aliphatic rings. The summed E-state index contributed by atoms with van der Waals surface area (Å²) in [6.07, 6.45) is 0.577. The van der Waals surface area contributed by atoms with Crippen LogP contribution in [0.25, 0.3) is 16.7 Å². The molecule has 1 saturated heterocycles. The van der Waals surface area contributed by atoms with Crippen molar-refractivity contribution in [2.24, 2.45) is 0 Å². The van der Waals surface area contributed by atoms with E-state index in [1.165, 1.54) is 0 Å². The highest BCUT2D eigenvalue weighted by molar-refractivity contribution is 7.91. The Kier molecular flexibility index (Phi) is 5.75. The van der Waals surface area contributed by atoms with Crippen LogP contribution in [0.3, 0.4) is 0 Å². The summed E-state index contributed by atoms with van der Waals surface area (Å²) >= 11 is 0. The molecule has 0 N–H and O–H groups in total. The molecule has 1 fully saturated rings. The normalized spacial score (nSPS) is 17.2. The average Bonchev–Trinajstić information content (AvgIpc) is 3.45. The summed E-state index contributed by atoms with van der Waals surface area (Å²) in [6, 6.07) is 15.5. The zero-order valence-corrected chi connectivity index (χ0v) is 21.2. The molecule has 9 heteroatoms. The highest BCUT2D eigenvalue weighted by Crippen LogP contribution is 2.28. The zero-order valence-electron chi connectivity index (χ0n) is 20.4. The van der Waals surface area contributed by atoms with Crippen LogP contribution in [-0.4, -0.2) is 57.1 Å². The van der Waals surface area contributed by atoms with Gasteiger partial charge in [-0.25, -0.2) is 13.4 Å². The molecule has 1 aliphatic heterocycles. The number of fused-ring (bicyclic) bond motifs is 1. The summed E-state index contributed by atoms with van der Waals surface area (Å²) in [5, 5.41) is 4.63. The van der Waals surface area contributed by atoms with Gasteiger partial charge in [-0.3, -0.25) is 14.0 Å². The summed E-state index contributed by atoms with van der Waals surface area (Å²) in [6.45, 7) is 6.21. The minimum absolute atomic E-state index is 0.103. The van der Waals surface area contributed by atoms with Gasteiger partial charge in [0.15, 0.2) is 9.84 Å². The third kappa shape index (κ3) is 4.25. The fourth-order valence-electron chi connectivity index (χ4n) is 5.02. The lowest BCUT2D eigenvalue weighted by molar-refractivity contribution is 0.0785. The van der Waals surface area contributed by atoms with Gasteiger partial charge in [-0.2, -0.15) is 5.10 Å². The standard InChI is InChI=1S/C26H29N5O3S/c1-17-23(18(2)31(28-17)22-12-13-35(33,34)16-22)15-29(4)26(32)20-10-11-25-24(14-20)27-19(3)30(25)21-8-6-5-7-9-21/h5-11,14,22H,12-13,15-16H2,1-4H3/t22-/m0/s1. The number of aromatic nitrogens is 4. The highest BCUT2D eigenvalue weighted by Gasteiger charge is 2.31. The third-order valence-electron chi connectivity index (χ3n) is 6.85. The first-order valence-corrected chi connectivity index (χ1v) is 13.5. The van der Waals surface area contributed by atoms with E-state index in [0.29, 0.717) is 18.5 Å². The predicted octanol–water partition coefficient (Wildman–Crippen LogP) is 3.78. The van der Waals surface area contributed by atoms with Gasteiger partial charge in [-0.1, -0.05) is 18.2 Å². The van der Waals surface area contributed by atoms with Crippen LogP contribution in [0.1, 0.15) is 45.6 Å². The number of hydrogen-bond donors (Lipinski definition) is 0. The number of carbonyl (C=O) groups excluding carboxylic acids is 1. The van der Waals surface area contributed by atoms with Crippen LogP contribution in [-0.2, 0) is 16.4 Å². The number of nitrogens with zero attached hydrogens (tertiary/aromatic N) is 5. The minimum atomic E-state index is -3.01. The molecule has 182 valence electrons. The largest absolute Gasteiger partial charge is 0.337 e. The summed E-state index contributed by atoms with van der Waals surface area (Å²) in [4.78, 5) is 19.7. The van der Waals surface area contributed by atoms with E-state index in [0.717, 1.165) is 39.5 Å². The number of sulfone groups is 1. The molecule has 0 spiro atoms. The fourth-order valence-corrected chi connectivity index (χ4v) is 6.71. The molecule has 1 atom stereocenters. The lowest BCUT2D eigenvalue weighted by Crippen LogP contribution is -2.26. The third-order valence-corrected chi connectivity index (χ3v) is 8.60. The summed E-state index contributed by atoms with van der Waals surface area (Å²) in [5.41, 5.74) is 6.01. The molecule has 0 aliphatic carbocycles. The van der Waals surface area contributed by atoms with Crippen molar-refractivity contribution in [3.8, 4) is 5.69 Å². The van der Waals surface area contributed by atoms with Gasteiger partial charge in [0.25, 0.3) is 5.91 Å². The molecular formula is C26H29N5O3S. The Bertz CT molecular complexity index is 1540. The Balaban J connectivity index is 1.39. The van der Waals surface area contributed by atoms with Crippen molar-refractivity contribution in [1.29, 1.82) is 0 Å². The van der Waals surface area contributed by atoms with E-state index in [4.69, 9.17) is 4.98 Å². The van der Waals surface area contributed by atoms with Gasteiger partial charge >= 0.3 is 0 Å². The van der Waals surface area contributed by atoms with Gasteiger partial charge in [0, 0.05) is 36.1 Å². The van der Waals surface area contributed by atoms with Gasteiger partial charge in [0.1, 0.15) is 5.82 Å². The van der Waals surface area contributed by atoms with E-state index >= 15 is 0 Å². The summed E-state index contributed by atoms with van der Waals surface area (Å²) < 4.78 is 27.8. The molecule has 0 radical (unpaired) electrons. The van der Waals surface area contributed by atoms with Gasteiger partial charge in [-0.05, 0) is 57.5 Å². The maximum absolute atomic E-state index is 13.3. The van der Waals surface area contributed by atoms with Crippen LogP contribution in [0.4, 0.5) is 0 Å². The number of rotatable bonds is 5. The number of aryl methyl sites for hydroxylation is 2. The molecule has 0 bridgehead atoms. The van der Waals surface area contributed by atoms with Crippen LogP contribution < -0.4 is 0 Å². The van der Waals surface area contributed by atoms with Crippen LogP contribution in [0, 0.1) is 20.8 Å². The van der Waals surface area contributed by atoms with Crippen LogP contribution >= 0.6 is 0 Å². The number of para-hydroxylation sites is 1. The molecule has 8 nitrogen and oxygen atoms in total. The fraction of sp³-hybridized carbons (Fsp3) is 0.346. The van der Waals surface area contributed by atoms with Crippen LogP contribution in [0.15, 0.2) is 48.5 Å². The Labute approximate surface area is 205 Å². The second-order valence-electron chi connectivity index (χ2n) is 9.35. The van der Waals surface area contributed by atoms with Crippen molar-refractivity contribution in [1.82, 2.24) is 24.2 Å². The van der Waals surface area contributed by atoms with Crippen molar-refractivity contribution in [3.05, 3.63) is 76.9 Å². The zero-order chi connectivity index (χ0) is 24.9. The second kappa shape index (κ2) is 8.64. The van der Waals surface area contributed by atoms with Crippen molar-refractivity contribution < 1.29 is 13.2 Å². The Morgan fingerprint density at radius 2 is 1.86 bits per heavy atom. The molecule has 4 aromatic rings. The number of carbonyl (C=O) groups is 1. The first-order valence-electron chi connectivity index (χ1n) is 11.7. The Morgan fingerprint density at radius 3 is 2.54 bits per heavy atom. The summed E-state index contributed by atoms with van der Waals surface area (Å²) in [5.74, 6) is 1.08.